The number of halogens is 5. The Bertz CT molecular complexity index is 1300. The maximum atomic E-state index is 14.5. The molecule has 44 heavy (non-hydrogen) atoms. The number of nitrogens with zero attached hydrogens (tertiary/aromatic N) is 1. The van der Waals surface area contributed by atoms with E-state index in [1.807, 2.05) is 0 Å². The maximum Gasteiger partial charge on any atom is 0.416 e. The van der Waals surface area contributed by atoms with Crippen LogP contribution in [0.4, 0.5) is 22.0 Å². The first-order chi connectivity index (χ1) is 20.9. The van der Waals surface area contributed by atoms with Gasteiger partial charge >= 0.3 is 6.18 Å². The highest BCUT2D eigenvalue weighted by Crippen LogP contribution is 2.44. The van der Waals surface area contributed by atoms with E-state index in [2.05, 4.69) is 10.2 Å². The largest absolute Gasteiger partial charge is 0.416 e. The molecule has 5 rings (SSSR count). The molecule has 1 amide bonds. The molecule has 0 spiro atoms. The normalized spacial score (nSPS) is 27.2. The van der Waals surface area contributed by atoms with Gasteiger partial charge in [0.15, 0.2) is 23.0 Å². The van der Waals surface area contributed by atoms with Crippen molar-refractivity contribution >= 4 is 5.91 Å². The molecule has 2 heterocycles. The van der Waals surface area contributed by atoms with Crippen molar-refractivity contribution in [3.63, 3.8) is 0 Å². The van der Waals surface area contributed by atoms with Crippen molar-refractivity contribution < 1.29 is 50.4 Å². The van der Waals surface area contributed by atoms with Gasteiger partial charge in [0, 0.05) is 44.6 Å². The third kappa shape index (κ3) is 7.75. The zero-order chi connectivity index (χ0) is 31.5. The summed E-state index contributed by atoms with van der Waals surface area (Å²) in [5.74, 6) is -3.58. The third-order valence-corrected chi connectivity index (χ3v) is 8.13. The van der Waals surface area contributed by atoms with Crippen LogP contribution in [0.5, 0.6) is 0 Å². The first-order valence-corrected chi connectivity index (χ1v) is 14.6. The van der Waals surface area contributed by atoms with Gasteiger partial charge in [-0.3, -0.25) is 9.69 Å². The minimum atomic E-state index is -4.55. The number of alkyl halides is 3. The Labute approximate surface area is 252 Å². The molecule has 0 aromatic heterocycles. The smallest absolute Gasteiger partial charge is 0.379 e. The van der Waals surface area contributed by atoms with E-state index < -0.39 is 59.0 Å². The molecule has 0 radical (unpaired) electrons. The van der Waals surface area contributed by atoms with Gasteiger partial charge in [0.1, 0.15) is 6.10 Å². The summed E-state index contributed by atoms with van der Waals surface area (Å²) in [4.78, 5) is 16.1. The lowest BCUT2D eigenvalue weighted by molar-refractivity contribution is -0.183. The van der Waals surface area contributed by atoms with Gasteiger partial charge in [0.2, 0.25) is 0 Å². The lowest BCUT2D eigenvalue weighted by atomic mass is 9.78. The molecule has 2 saturated heterocycles. The zero-order valence-electron chi connectivity index (χ0n) is 24.6. The van der Waals surface area contributed by atoms with Crippen molar-refractivity contribution in [3.8, 4) is 0 Å². The summed E-state index contributed by atoms with van der Waals surface area (Å²) in [6.45, 7) is 6.31. The molecule has 13 heteroatoms. The highest BCUT2D eigenvalue weighted by Gasteiger charge is 2.58. The van der Waals surface area contributed by atoms with E-state index in [0.717, 1.165) is 31.3 Å². The molecule has 3 aliphatic rings. The topological polar surface area (TPSA) is 78.5 Å². The lowest BCUT2D eigenvalue weighted by Crippen LogP contribution is -2.60. The Balaban J connectivity index is 1.39. The molecular weight excluding hydrogens is 591 g/mol. The molecule has 0 unspecified atom stereocenters. The second kappa shape index (κ2) is 13.4. The number of amides is 1. The molecule has 1 N–H and O–H groups in total. The van der Waals surface area contributed by atoms with E-state index in [-0.39, 0.29) is 37.2 Å². The summed E-state index contributed by atoms with van der Waals surface area (Å²) in [7, 11) is 0. The van der Waals surface area contributed by atoms with Crippen LogP contribution in [0.1, 0.15) is 43.4 Å². The number of hydrogen-bond acceptors (Lipinski definition) is 7. The second-order valence-corrected chi connectivity index (χ2v) is 11.8. The quantitative estimate of drug-likeness (QED) is 0.386. The SMILES string of the molecule is CC1(C)O[C@H]2[C@@H](OCc3cccc(F)c3F)C[C@](OCc3cccc(C(F)(F)F)c3)(C(=O)NCCN3CCOCC3)C[C@H]2O1. The fourth-order valence-electron chi connectivity index (χ4n) is 5.94. The average Bonchev–Trinajstić information content (AvgIpc) is 3.30. The highest BCUT2D eigenvalue weighted by atomic mass is 19.4. The Kier molecular flexibility index (Phi) is 9.93. The van der Waals surface area contributed by atoms with Gasteiger partial charge in [-0.1, -0.05) is 24.3 Å². The van der Waals surface area contributed by atoms with Crippen LogP contribution < -0.4 is 5.32 Å². The Morgan fingerprint density at radius 3 is 2.55 bits per heavy atom. The summed E-state index contributed by atoms with van der Waals surface area (Å²) in [5, 5.41) is 2.94. The van der Waals surface area contributed by atoms with Crippen LogP contribution in [0.3, 0.4) is 0 Å². The number of fused-ring (bicyclic) bond motifs is 1. The summed E-state index contributed by atoms with van der Waals surface area (Å²) in [6.07, 6.45) is -6.77. The number of hydrogen-bond donors (Lipinski definition) is 1. The third-order valence-electron chi connectivity index (χ3n) is 8.13. The van der Waals surface area contributed by atoms with E-state index in [0.29, 0.717) is 26.3 Å². The van der Waals surface area contributed by atoms with E-state index in [9.17, 15) is 26.7 Å². The monoisotopic (exact) mass is 628 g/mol. The Morgan fingerprint density at radius 2 is 1.80 bits per heavy atom. The molecule has 3 fully saturated rings. The van der Waals surface area contributed by atoms with Gasteiger partial charge in [-0.25, -0.2) is 8.78 Å². The number of benzene rings is 2. The molecule has 242 valence electrons. The van der Waals surface area contributed by atoms with Crippen molar-refractivity contribution in [1.29, 1.82) is 0 Å². The van der Waals surface area contributed by atoms with Crippen molar-refractivity contribution in [2.24, 2.45) is 0 Å². The molecule has 8 nitrogen and oxygen atoms in total. The number of nitrogens with one attached hydrogen (secondary N) is 1. The van der Waals surface area contributed by atoms with E-state index in [4.69, 9.17) is 23.7 Å². The minimum absolute atomic E-state index is 0.0178. The summed E-state index contributed by atoms with van der Waals surface area (Å²) in [5.41, 5.74) is -2.21. The van der Waals surface area contributed by atoms with Crippen LogP contribution in [0.25, 0.3) is 0 Å². The van der Waals surface area contributed by atoms with Gasteiger partial charge in [-0.05, 0) is 37.6 Å². The fraction of sp³-hybridized carbons (Fsp3) is 0.581. The summed E-state index contributed by atoms with van der Waals surface area (Å²) >= 11 is 0. The highest BCUT2D eigenvalue weighted by molar-refractivity contribution is 5.85. The number of morpholine rings is 1. The molecular formula is C31H37F5N2O6. The molecule has 4 atom stereocenters. The van der Waals surface area contributed by atoms with Gasteiger partial charge in [-0.15, -0.1) is 0 Å². The second-order valence-electron chi connectivity index (χ2n) is 11.8. The van der Waals surface area contributed by atoms with Crippen molar-refractivity contribution in [2.75, 3.05) is 39.4 Å². The first kappa shape index (κ1) is 32.7. The van der Waals surface area contributed by atoms with E-state index >= 15 is 0 Å². The molecule has 2 aromatic carbocycles. The van der Waals surface area contributed by atoms with Gasteiger partial charge < -0.3 is 29.0 Å². The number of carbonyl (C=O) groups is 1. The van der Waals surface area contributed by atoms with E-state index in [1.54, 1.807) is 13.8 Å². The van der Waals surface area contributed by atoms with Gasteiger partial charge in [-0.2, -0.15) is 13.2 Å². The van der Waals surface area contributed by atoms with Crippen LogP contribution in [0.2, 0.25) is 0 Å². The molecule has 2 aliphatic heterocycles. The molecule has 0 bridgehead atoms. The van der Waals surface area contributed by atoms with Crippen LogP contribution in [-0.2, 0) is 47.9 Å². The fourth-order valence-corrected chi connectivity index (χ4v) is 5.94. The Morgan fingerprint density at radius 1 is 1.05 bits per heavy atom. The minimum Gasteiger partial charge on any atom is -0.379 e. The predicted molar refractivity (Wildman–Crippen MR) is 147 cm³/mol. The first-order valence-electron chi connectivity index (χ1n) is 14.6. The molecule has 1 saturated carbocycles. The van der Waals surface area contributed by atoms with Crippen LogP contribution in [0, 0.1) is 11.6 Å². The van der Waals surface area contributed by atoms with Crippen molar-refractivity contribution in [2.45, 2.75) is 75.8 Å². The molecule has 1 aliphatic carbocycles. The van der Waals surface area contributed by atoms with Crippen LogP contribution in [-0.4, -0.2) is 79.9 Å². The Hall–Kier alpha value is -2.68. The number of ether oxygens (including phenoxy) is 5. The van der Waals surface area contributed by atoms with Crippen molar-refractivity contribution in [3.05, 3.63) is 70.8 Å². The zero-order valence-corrected chi connectivity index (χ0v) is 24.6. The lowest BCUT2D eigenvalue weighted by Gasteiger charge is -2.43. The van der Waals surface area contributed by atoms with E-state index in [1.165, 1.54) is 24.3 Å². The van der Waals surface area contributed by atoms with Gasteiger partial charge in [0.05, 0.1) is 44.2 Å². The van der Waals surface area contributed by atoms with Crippen LogP contribution in [0.15, 0.2) is 42.5 Å². The van der Waals surface area contributed by atoms with Crippen LogP contribution >= 0.6 is 0 Å². The standard InChI is InChI=1S/C31H37F5N2O6/c1-29(2)43-25-17-30(28(39)37-9-10-38-11-13-40-14-12-38,42-18-20-5-3-7-22(15-20)31(34,35)36)16-24(27(25)44-29)41-19-21-6-4-8-23(32)26(21)33/h3-8,15,24-25,27H,9-14,16-19H2,1-2H3,(H,37,39)/t24-,25+,27-,30+/m0/s1. The maximum absolute atomic E-state index is 14.5. The number of carbonyl (C=O) groups excluding carboxylic acids is 1. The molecule has 2 aromatic rings. The van der Waals surface area contributed by atoms with Gasteiger partial charge in [0.25, 0.3) is 5.91 Å². The van der Waals surface area contributed by atoms with Crippen molar-refractivity contribution in [1.82, 2.24) is 10.2 Å². The number of rotatable bonds is 10. The predicted octanol–water partition coefficient (Wildman–Crippen LogP) is 4.59. The summed E-state index contributed by atoms with van der Waals surface area (Å²) < 4.78 is 98.5. The summed E-state index contributed by atoms with van der Waals surface area (Å²) in [6, 6.07) is 8.47. The average molecular weight is 629 g/mol.